The van der Waals surface area contributed by atoms with Crippen LogP contribution in [0.2, 0.25) is 0 Å². The summed E-state index contributed by atoms with van der Waals surface area (Å²) in [4.78, 5) is 26.9. The first kappa shape index (κ1) is 17.6. The van der Waals surface area contributed by atoms with E-state index in [-0.39, 0.29) is 11.5 Å². The molecule has 1 saturated heterocycles. The van der Waals surface area contributed by atoms with Crippen LogP contribution in [0.1, 0.15) is 11.7 Å². The molecule has 1 aliphatic rings. The van der Waals surface area contributed by atoms with Gasteiger partial charge in [-0.3, -0.25) is 9.89 Å². The minimum atomic E-state index is -0.176. The maximum atomic E-state index is 12.6. The molecule has 0 saturated carbocycles. The maximum Gasteiger partial charge on any atom is 0.262 e. The molecule has 1 aliphatic heterocycles. The van der Waals surface area contributed by atoms with Crippen molar-refractivity contribution in [3.05, 3.63) is 83.0 Å². The molecule has 2 aromatic carbocycles. The standard InChI is InChI=1S/C22H18N8O/c31-21-17-11-23-30(16-9-5-2-6-10-16)20(17)24-18(25-21)15-12-29(13-15)22-26-19(27-28-22)14-7-3-1-4-8-14/h1-11,15H,12-13H2,(H,24,25,31)(H,26,27,28). The highest BCUT2D eigenvalue weighted by atomic mass is 16.1. The summed E-state index contributed by atoms with van der Waals surface area (Å²) in [6.45, 7) is 1.36. The zero-order valence-corrected chi connectivity index (χ0v) is 16.4. The van der Waals surface area contributed by atoms with Gasteiger partial charge in [-0.25, -0.2) is 9.67 Å². The fraction of sp³-hybridized carbons (Fsp3) is 0.136. The number of hydrogen-bond donors (Lipinski definition) is 2. The number of anilines is 1. The summed E-state index contributed by atoms with van der Waals surface area (Å²) < 4.78 is 1.70. The van der Waals surface area contributed by atoms with Crippen molar-refractivity contribution in [2.75, 3.05) is 18.0 Å². The second-order valence-corrected chi connectivity index (χ2v) is 7.53. The number of para-hydroxylation sites is 1. The van der Waals surface area contributed by atoms with E-state index in [0.717, 1.165) is 17.1 Å². The van der Waals surface area contributed by atoms with Gasteiger partial charge in [-0.15, -0.1) is 5.10 Å². The summed E-state index contributed by atoms with van der Waals surface area (Å²) in [7, 11) is 0. The normalized spacial score (nSPS) is 14.1. The van der Waals surface area contributed by atoms with Crippen LogP contribution in [0.3, 0.4) is 0 Å². The zero-order chi connectivity index (χ0) is 20.8. The van der Waals surface area contributed by atoms with Crippen molar-refractivity contribution in [2.45, 2.75) is 5.92 Å². The van der Waals surface area contributed by atoms with Gasteiger partial charge >= 0.3 is 0 Å². The minimum absolute atomic E-state index is 0.0925. The van der Waals surface area contributed by atoms with Crippen molar-refractivity contribution in [1.82, 2.24) is 34.9 Å². The van der Waals surface area contributed by atoms with Crippen LogP contribution in [0.5, 0.6) is 0 Å². The van der Waals surface area contributed by atoms with Gasteiger partial charge in [0.2, 0.25) is 5.95 Å². The Kier molecular flexibility index (Phi) is 3.92. The molecule has 9 nitrogen and oxygen atoms in total. The molecule has 152 valence electrons. The van der Waals surface area contributed by atoms with Gasteiger partial charge in [0.05, 0.1) is 17.8 Å². The van der Waals surface area contributed by atoms with Crippen molar-refractivity contribution >= 4 is 17.0 Å². The van der Waals surface area contributed by atoms with Gasteiger partial charge in [0.25, 0.3) is 5.56 Å². The van der Waals surface area contributed by atoms with E-state index in [1.807, 2.05) is 60.7 Å². The largest absolute Gasteiger partial charge is 0.338 e. The second-order valence-electron chi connectivity index (χ2n) is 7.53. The number of nitrogens with zero attached hydrogens (tertiary/aromatic N) is 6. The number of rotatable bonds is 4. The molecule has 3 aromatic heterocycles. The molecule has 0 aliphatic carbocycles. The molecule has 0 bridgehead atoms. The molecule has 2 N–H and O–H groups in total. The average molecular weight is 410 g/mol. The van der Waals surface area contributed by atoms with Crippen LogP contribution in [0.15, 0.2) is 71.7 Å². The van der Waals surface area contributed by atoms with E-state index in [2.05, 4.69) is 30.2 Å². The van der Waals surface area contributed by atoms with Crippen molar-refractivity contribution in [2.24, 2.45) is 0 Å². The smallest absolute Gasteiger partial charge is 0.262 e. The third kappa shape index (κ3) is 2.98. The van der Waals surface area contributed by atoms with Crippen LogP contribution in [-0.4, -0.2) is 48.0 Å². The van der Waals surface area contributed by atoms with E-state index in [1.54, 1.807) is 10.9 Å². The van der Waals surface area contributed by atoms with Gasteiger partial charge in [0.1, 0.15) is 11.2 Å². The summed E-state index contributed by atoms with van der Waals surface area (Å²) in [6, 6.07) is 19.6. The highest BCUT2D eigenvalue weighted by Gasteiger charge is 2.33. The van der Waals surface area contributed by atoms with Crippen molar-refractivity contribution < 1.29 is 0 Å². The lowest BCUT2D eigenvalue weighted by atomic mass is 10.00. The molecule has 31 heavy (non-hydrogen) atoms. The molecule has 0 radical (unpaired) electrons. The Morgan fingerprint density at radius 3 is 2.45 bits per heavy atom. The van der Waals surface area contributed by atoms with Crippen LogP contribution in [0, 0.1) is 0 Å². The summed E-state index contributed by atoms with van der Waals surface area (Å²) >= 11 is 0. The lowest BCUT2D eigenvalue weighted by Gasteiger charge is -2.37. The molecule has 0 amide bonds. The van der Waals surface area contributed by atoms with E-state index in [1.165, 1.54) is 0 Å². The summed E-state index contributed by atoms with van der Waals surface area (Å²) in [5.41, 5.74) is 2.24. The first-order valence-corrected chi connectivity index (χ1v) is 10.0. The summed E-state index contributed by atoms with van der Waals surface area (Å²) in [5.74, 6) is 2.13. The number of hydrogen-bond acceptors (Lipinski definition) is 6. The molecule has 1 fully saturated rings. The molecule has 5 aromatic rings. The van der Waals surface area contributed by atoms with Gasteiger partial charge in [-0.2, -0.15) is 10.1 Å². The number of aromatic amines is 2. The van der Waals surface area contributed by atoms with Gasteiger partial charge in [-0.1, -0.05) is 48.5 Å². The first-order valence-electron chi connectivity index (χ1n) is 10.0. The van der Waals surface area contributed by atoms with Crippen molar-refractivity contribution in [1.29, 1.82) is 0 Å². The topological polar surface area (TPSA) is 108 Å². The lowest BCUT2D eigenvalue weighted by molar-refractivity contribution is 0.492. The minimum Gasteiger partial charge on any atom is -0.338 e. The van der Waals surface area contributed by atoms with E-state index in [4.69, 9.17) is 4.98 Å². The third-order valence-electron chi connectivity index (χ3n) is 5.53. The summed E-state index contributed by atoms with van der Waals surface area (Å²) in [6.07, 6.45) is 1.56. The predicted octanol–water partition coefficient (Wildman–Crippen LogP) is 2.50. The Balaban J connectivity index is 1.26. The molecule has 4 heterocycles. The number of fused-ring (bicyclic) bond motifs is 1. The summed E-state index contributed by atoms with van der Waals surface area (Å²) in [5, 5.41) is 12.2. The lowest BCUT2D eigenvalue weighted by Crippen LogP contribution is -2.46. The van der Waals surface area contributed by atoms with E-state index < -0.39 is 0 Å². The van der Waals surface area contributed by atoms with Crippen LogP contribution < -0.4 is 10.5 Å². The van der Waals surface area contributed by atoms with E-state index in [0.29, 0.717) is 35.9 Å². The second kappa shape index (κ2) is 6.91. The van der Waals surface area contributed by atoms with Crippen LogP contribution in [-0.2, 0) is 0 Å². The molecule has 0 spiro atoms. The number of benzene rings is 2. The van der Waals surface area contributed by atoms with Gasteiger partial charge < -0.3 is 9.88 Å². The van der Waals surface area contributed by atoms with Gasteiger partial charge in [-0.05, 0) is 12.1 Å². The fourth-order valence-electron chi connectivity index (χ4n) is 3.82. The first-order chi connectivity index (χ1) is 15.3. The molecule has 0 atom stereocenters. The maximum absolute atomic E-state index is 12.6. The monoisotopic (exact) mass is 410 g/mol. The Hall–Kier alpha value is -4.27. The van der Waals surface area contributed by atoms with Crippen molar-refractivity contribution in [3.8, 4) is 17.1 Å². The van der Waals surface area contributed by atoms with E-state index in [9.17, 15) is 4.79 Å². The number of H-pyrrole nitrogens is 2. The molecular formula is C22H18N8O. The zero-order valence-electron chi connectivity index (χ0n) is 16.4. The van der Waals surface area contributed by atoms with Crippen LogP contribution >= 0.6 is 0 Å². The highest BCUT2D eigenvalue weighted by molar-refractivity contribution is 5.75. The fourth-order valence-corrected chi connectivity index (χ4v) is 3.82. The van der Waals surface area contributed by atoms with E-state index >= 15 is 0 Å². The SMILES string of the molecule is O=c1[nH]c(C2CN(c3n[nH]c(-c4ccccc4)n3)C2)nc2c1cnn2-c1ccccc1. The Morgan fingerprint density at radius 1 is 0.935 bits per heavy atom. The third-order valence-corrected chi connectivity index (χ3v) is 5.53. The average Bonchev–Trinajstić information content (AvgIpc) is 3.42. The number of nitrogens with one attached hydrogen (secondary N) is 2. The number of aromatic nitrogens is 7. The predicted molar refractivity (Wildman–Crippen MR) is 116 cm³/mol. The van der Waals surface area contributed by atoms with Gasteiger partial charge in [0, 0.05) is 18.7 Å². The quantitative estimate of drug-likeness (QED) is 0.471. The molecule has 6 rings (SSSR count). The van der Waals surface area contributed by atoms with Crippen LogP contribution in [0.25, 0.3) is 28.1 Å². The van der Waals surface area contributed by atoms with Crippen molar-refractivity contribution in [3.63, 3.8) is 0 Å². The van der Waals surface area contributed by atoms with Gasteiger partial charge in [0.15, 0.2) is 11.5 Å². The molecular weight excluding hydrogens is 392 g/mol. The van der Waals surface area contributed by atoms with Crippen LogP contribution in [0.4, 0.5) is 5.95 Å². The Labute approximate surface area is 176 Å². The highest BCUT2D eigenvalue weighted by Crippen LogP contribution is 2.29. The molecule has 9 heteroatoms. The molecule has 0 unspecified atom stereocenters. The Bertz CT molecular complexity index is 1410. The Morgan fingerprint density at radius 2 is 1.68 bits per heavy atom.